The Morgan fingerprint density at radius 1 is 0.968 bits per heavy atom. The van der Waals surface area contributed by atoms with E-state index in [0.29, 0.717) is 31.0 Å². The van der Waals surface area contributed by atoms with Crippen LogP contribution in [0.3, 0.4) is 0 Å². The average Bonchev–Trinajstić information content (AvgIpc) is 2.80. The van der Waals surface area contributed by atoms with Gasteiger partial charge in [0.25, 0.3) is 0 Å². The summed E-state index contributed by atoms with van der Waals surface area (Å²) >= 11 is 0. The minimum Gasteiger partial charge on any atom is -0.445 e. The van der Waals surface area contributed by atoms with Crippen LogP contribution in [-0.2, 0) is 12.8 Å². The van der Waals surface area contributed by atoms with Crippen molar-refractivity contribution in [3.63, 3.8) is 0 Å². The van der Waals surface area contributed by atoms with Crippen LogP contribution in [0.15, 0.2) is 79.0 Å². The molecule has 4 nitrogen and oxygen atoms in total. The average molecular weight is 412 g/mol. The topological polar surface area (TPSA) is 60.7 Å². The van der Waals surface area contributed by atoms with Crippen molar-refractivity contribution in [2.75, 3.05) is 11.9 Å². The normalized spacial score (nSPS) is 14.6. The first kappa shape index (κ1) is 19.4. The first-order chi connectivity index (χ1) is 15.2. The monoisotopic (exact) mass is 412 g/mol. The van der Waals surface area contributed by atoms with E-state index in [1.54, 1.807) is 6.07 Å². The van der Waals surface area contributed by atoms with Crippen molar-refractivity contribution in [3.05, 3.63) is 107 Å². The summed E-state index contributed by atoms with van der Waals surface area (Å²) in [7, 11) is 0. The highest BCUT2D eigenvalue weighted by molar-refractivity contribution is 5.73. The maximum absolute atomic E-state index is 14.6. The van der Waals surface area contributed by atoms with Crippen molar-refractivity contribution in [3.8, 4) is 11.3 Å². The van der Waals surface area contributed by atoms with Crippen LogP contribution in [0.4, 0.5) is 16.0 Å². The van der Waals surface area contributed by atoms with E-state index in [0.717, 1.165) is 33.6 Å². The molecule has 5 heteroatoms. The lowest BCUT2D eigenvalue weighted by Gasteiger charge is -2.27. The van der Waals surface area contributed by atoms with Gasteiger partial charge in [-0.05, 0) is 46.9 Å². The molecule has 1 atom stereocenters. The molecule has 1 heterocycles. The van der Waals surface area contributed by atoms with E-state index >= 15 is 0 Å². The van der Waals surface area contributed by atoms with Crippen molar-refractivity contribution in [1.82, 2.24) is 9.97 Å². The van der Waals surface area contributed by atoms with Crippen LogP contribution in [0.25, 0.3) is 11.3 Å². The summed E-state index contributed by atoms with van der Waals surface area (Å²) in [6, 6.07) is 23.1. The zero-order chi connectivity index (χ0) is 21.2. The summed E-state index contributed by atoms with van der Waals surface area (Å²) in [5.41, 5.74) is 6.72. The molecular formula is C26H23FN3O+. The molecule has 0 unspecified atom stereocenters. The van der Waals surface area contributed by atoms with Crippen LogP contribution in [0, 0.1) is 5.82 Å². The lowest BCUT2D eigenvalue weighted by molar-refractivity contribution is 0.299. The van der Waals surface area contributed by atoms with Gasteiger partial charge in [0.05, 0.1) is 5.69 Å². The number of anilines is 2. The minimum absolute atomic E-state index is 0.0612. The second kappa shape index (κ2) is 8.28. The van der Waals surface area contributed by atoms with Crippen LogP contribution in [-0.4, -0.2) is 21.7 Å². The van der Waals surface area contributed by atoms with Crippen molar-refractivity contribution >= 4 is 11.6 Å². The highest BCUT2D eigenvalue weighted by Crippen LogP contribution is 2.42. The quantitative estimate of drug-likeness (QED) is 0.470. The van der Waals surface area contributed by atoms with Gasteiger partial charge in [-0.3, -0.25) is 0 Å². The van der Waals surface area contributed by atoms with E-state index in [4.69, 9.17) is 10.1 Å². The zero-order valence-corrected chi connectivity index (χ0v) is 17.0. The third-order valence-corrected chi connectivity index (χ3v) is 5.76. The summed E-state index contributed by atoms with van der Waals surface area (Å²) < 4.78 is 14.6. The molecule has 0 fully saturated rings. The number of hydrogen-bond donors (Lipinski definition) is 1. The Morgan fingerprint density at radius 3 is 2.61 bits per heavy atom. The third-order valence-electron chi connectivity index (χ3n) is 5.76. The molecule has 3 N–H and O–H groups in total. The van der Waals surface area contributed by atoms with Gasteiger partial charge in [-0.15, -0.1) is 0 Å². The highest BCUT2D eigenvalue weighted by atomic mass is 19.1. The van der Waals surface area contributed by atoms with Gasteiger partial charge in [-0.2, -0.15) is 0 Å². The van der Waals surface area contributed by atoms with E-state index in [2.05, 4.69) is 16.4 Å². The first-order valence-corrected chi connectivity index (χ1v) is 10.4. The van der Waals surface area contributed by atoms with Crippen LogP contribution in [0.5, 0.6) is 0 Å². The van der Waals surface area contributed by atoms with Gasteiger partial charge >= 0.3 is 0 Å². The number of halogens is 1. The SMILES string of the molecule is [OH2+]CCc1cccc(Nc2ncc3c(n2)-c2ccccc2[C@H](c2ccccc2F)C3)c1. The predicted octanol–water partition coefficient (Wildman–Crippen LogP) is 4.98. The lowest BCUT2D eigenvalue weighted by atomic mass is 9.78. The molecular weight excluding hydrogens is 389 g/mol. The predicted molar refractivity (Wildman–Crippen MR) is 121 cm³/mol. The number of hydrogen-bond acceptors (Lipinski definition) is 3. The molecule has 1 aromatic heterocycles. The Kier molecular flexibility index (Phi) is 5.18. The Morgan fingerprint density at radius 2 is 1.77 bits per heavy atom. The number of nitrogens with zero attached hydrogens (tertiary/aromatic N) is 2. The Balaban J connectivity index is 1.52. The summed E-state index contributed by atoms with van der Waals surface area (Å²) in [6.45, 7) is 0.360. The van der Waals surface area contributed by atoms with E-state index in [1.165, 1.54) is 6.07 Å². The highest BCUT2D eigenvalue weighted by Gasteiger charge is 2.28. The van der Waals surface area contributed by atoms with Gasteiger partial charge < -0.3 is 10.4 Å². The van der Waals surface area contributed by atoms with E-state index in [1.807, 2.05) is 60.8 Å². The van der Waals surface area contributed by atoms with Gasteiger partial charge in [-0.25, -0.2) is 14.4 Å². The molecule has 5 rings (SSSR count). The largest absolute Gasteiger partial charge is 0.445 e. The zero-order valence-electron chi connectivity index (χ0n) is 17.0. The van der Waals surface area contributed by atoms with E-state index in [-0.39, 0.29) is 11.7 Å². The van der Waals surface area contributed by atoms with Crippen molar-refractivity contribution in [2.45, 2.75) is 18.8 Å². The lowest BCUT2D eigenvalue weighted by Crippen LogP contribution is -2.16. The van der Waals surface area contributed by atoms with Crippen LogP contribution in [0.1, 0.15) is 28.2 Å². The van der Waals surface area contributed by atoms with Crippen molar-refractivity contribution in [1.29, 1.82) is 0 Å². The van der Waals surface area contributed by atoms with Crippen LogP contribution < -0.4 is 5.32 Å². The molecule has 3 aromatic carbocycles. The molecule has 1 aliphatic carbocycles. The third kappa shape index (κ3) is 3.80. The molecule has 0 saturated heterocycles. The number of aromatic nitrogens is 2. The number of rotatable bonds is 5. The van der Waals surface area contributed by atoms with Crippen LogP contribution in [0.2, 0.25) is 0 Å². The fraction of sp³-hybridized carbons (Fsp3) is 0.154. The van der Waals surface area contributed by atoms with E-state index in [9.17, 15) is 4.39 Å². The second-order valence-corrected chi connectivity index (χ2v) is 7.76. The molecule has 0 bridgehead atoms. The molecule has 4 aromatic rings. The Hall–Kier alpha value is -3.57. The number of benzene rings is 3. The molecule has 154 valence electrons. The number of fused-ring (bicyclic) bond motifs is 3. The maximum atomic E-state index is 14.6. The van der Waals surface area contributed by atoms with Gasteiger partial charge in [0.15, 0.2) is 0 Å². The smallest absolute Gasteiger partial charge is 0.227 e. The standard InChI is InChI=1S/C26H22FN3O/c27-24-11-4-3-9-21(24)23-15-18-16-28-26(29-19-7-5-6-17(14-19)12-13-31)30-25(18)22-10-2-1-8-20(22)23/h1-11,14,16,23,31H,12-13,15H2,(H,28,29,30)/p+1/t23-/m1/s1. The summed E-state index contributed by atoms with van der Waals surface area (Å²) in [5.74, 6) is 0.285. The van der Waals surface area contributed by atoms with E-state index < -0.39 is 0 Å². The van der Waals surface area contributed by atoms with Gasteiger partial charge in [0.2, 0.25) is 5.95 Å². The summed E-state index contributed by atoms with van der Waals surface area (Å²) in [5, 5.41) is 10.7. The molecule has 0 radical (unpaired) electrons. The Bertz CT molecular complexity index is 1240. The molecule has 1 aliphatic rings. The van der Waals surface area contributed by atoms with Gasteiger partial charge in [0, 0.05) is 29.8 Å². The molecule has 0 saturated carbocycles. The molecule has 0 spiro atoms. The maximum Gasteiger partial charge on any atom is 0.227 e. The van der Waals surface area contributed by atoms with Crippen LogP contribution >= 0.6 is 0 Å². The second-order valence-electron chi connectivity index (χ2n) is 7.76. The minimum atomic E-state index is -0.183. The van der Waals surface area contributed by atoms with Crippen molar-refractivity contribution in [2.24, 2.45) is 0 Å². The van der Waals surface area contributed by atoms with Gasteiger partial charge in [0.1, 0.15) is 12.4 Å². The molecule has 31 heavy (non-hydrogen) atoms. The summed E-state index contributed by atoms with van der Waals surface area (Å²) in [4.78, 5) is 9.36. The van der Waals surface area contributed by atoms with Gasteiger partial charge in [-0.1, -0.05) is 54.6 Å². The fourth-order valence-corrected chi connectivity index (χ4v) is 4.31. The number of nitrogens with one attached hydrogen (secondary N) is 1. The van der Waals surface area contributed by atoms with Crippen molar-refractivity contribution < 1.29 is 9.50 Å². The molecule has 0 aliphatic heterocycles. The molecule has 0 amide bonds. The first-order valence-electron chi connectivity index (χ1n) is 10.4. The fourth-order valence-electron chi connectivity index (χ4n) is 4.31. The Labute approximate surface area is 180 Å². The summed E-state index contributed by atoms with van der Waals surface area (Å²) in [6.07, 6.45) is 3.22.